The Balaban J connectivity index is 1.73. The normalized spacial score (nSPS) is 13.7. The zero-order valence-corrected chi connectivity index (χ0v) is 17.2. The second-order valence-electron chi connectivity index (χ2n) is 6.67. The van der Waals surface area contributed by atoms with E-state index in [1.54, 1.807) is 48.2 Å². The lowest BCUT2D eigenvalue weighted by atomic mass is 10.1. The fourth-order valence-electron chi connectivity index (χ4n) is 3.21. The summed E-state index contributed by atoms with van der Waals surface area (Å²) in [7, 11) is 0. The molecule has 2 N–H and O–H groups in total. The third kappa shape index (κ3) is 5.01. The molecule has 1 heterocycles. The van der Waals surface area contributed by atoms with E-state index in [4.69, 9.17) is 16.3 Å². The molecule has 9 heteroatoms. The smallest absolute Gasteiger partial charge is 0.409 e. The van der Waals surface area contributed by atoms with Crippen molar-refractivity contribution in [1.29, 1.82) is 0 Å². The highest BCUT2D eigenvalue weighted by Gasteiger charge is 2.25. The highest BCUT2D eigenvalue weighted by atomic mass is 35.5. The molecule has 0 radical (unpaired) electrons. The Morgan fingerprint density at radius 3 is 2.33 bits per heavy atom. The van der Waals surface area contributed by atoms with Crippen molar-refractivity contribution in [3.8, 4) is 0 Å². The Labute approximate surface area is 179 Å². The van der Waals surface area contributed by atoms with Gasteiger partial charge in [0.2, 0.25) is 0 Å². The van der Waals surface area contributed by atoms with Gasteiger partial charge in [-0.3, -0.25) is 4.79 Å². The SMILES string of the molecule is CCOC(=O)N1CCN(c2ccc(NC(=O)c3ccc(Cl)cc3)cc2C(=O)O)CC1. The maximum Gasteiger partial charge on any atom is 0.409 e. The average Bonchev–Trinajstić information content (AvgIpc) is 2.74. The number of benzene rings is 2. The minimum atomic E-state index is -1.10. The third-order valence-electron chi connectivity index (χ3n) is 4.74. The molecule has 8 nitrogen and oxygen atoms in total. The van der Waals surface area contributed by atoms with Gasteiger partial charge in [-0.2, -0.15) is 0 Å². The monoisotopic (exact) mass is 431 g/mol. The molecule has 30 heavy (non-hydrogen) atoms. The van der Waals surface area contributed by atoms with Crippen LogP contribution >= 0.6 is 11.6 Å². The summed E-state index contributed by atoms with van der Waals surface area (Å²) in [6, 6.07) is 11.2. The van der Waals surface area contributed by atoms with Gasteiger partial charge in [0.15, 0.2) is 0 Å². The minimum Gasteiger partial charge on any atom is -0.478 e. The molecule has 0 aromatic heterocycles. The lowest BCUT2D eigenvalue weighted by Gasteiger charge is -2.36. The predicted molar refractivity (Wildman–Crippen MR) is 114 cm³/mol. The number of nitrogens with zero attached hydrogens (tertiary/aromatic N) is 2. The number of carbonyl (C=O) groups excluding carboxylic acids is 2. The third-order valence-corrected chi connectivity index (χ3v) is 4.99. The first-order valence-corrected chi connectivity index (χ1v) is 9.87. The average molecular weight is 432 g/mol. The Kier molecular flexibility index (Phi) is 6.79. The number of hydrogen-bond acceptors (Lipinski definition) is 5. The molecule has 0 unspecified atom stereocenters. The van der Waals surface area contributed by atoms with Crippen LogP contribution in [0, 0.1) is 0 Å². The summed E-state index contributed by atoms with van der Waals surface area (Å²) in [5.41, 5.74) is 1.40. The van der Waals surface area contributed by atoms with Gasteiger partial charge in [0, 0.05) is 42.5 Å². The van der Waals surface area contributed by atoms with Crippen LogP contribution in [-0.2, 0) is 4.74 Å². The predicted octanol–water partition coefficient (Wildman–Crippen LogP) is 3.57. The van der Waals surface area contributed by atoms with Crippen molar-refractivity contribution in [3.05, 3.63) is 58.6 Å². The molecule has 3 rings (SSSR count). The van der Waals surface area contributed by atoms with Crippen LogP contribution in [0.4, 0.5) is 16.2 Å². The zero-order valence-electron chi connectivity index (χ0n) is 16.4. The molecule has 0 spiro atoms. The van der Waals surface area contributed by atoms with E-state index in [9.17, 15) is 19.5 Å². The standard InChI is InChI=1S/C21H22ClN3O5/c1-2-30-21(29)25-11-9-24(10-12-25)18-8-7-16(13-17(18)20(27)28)23-19(26)14-3-5-15(22)6-4-14/h3-8,13H,2,9-12H2,1H3,(H,23,26)(H,27,28). The molecule has 2 aromatic carbocycles. The van der Waals surface area contributed by atoms with Gasteiger partial charge >= 0.3 is 12.1 Å². The summed E-state index contributed by atoms with van der Waals surface area (Å²) in [6.07, 6.45) is -0.365. The van der Waals surface area contributed by atoms with E-state index in [2.05, 4.69) is 5.32 Å². The number of carboxylic acids is 1. The molecular weight excluding hydrogens is 410 g/mol. The van der Waals surface area contributed by atoms with Gasteiger partial charge in [0.05, 0.1) is 17.9 Å². The van der Waals surface area contributed by atoms with Gasteiger partial charge < -0.3 is 25.0 Å². The number of anilines is 2. The summed E-state index contributed by atoms with van der Waals surface area (Å²) in [5.74, 6) is -1.46. The number of carboxylic acid groups (broad SMARTS) is 1. The van der Waals surface area contributed by atoms with Gasteiger partial charge in [-0.05, 0) is 49.4 Å². The molecule has 0 bridgehead atoms. The van der Waals surface area contributed by atoms with Gasteiger partial charge in [-0.1, -0.05) is 11.6 Å². The summed E-state index contributed by atoms with van der Waals surface area (Å²) < 4.78 is 5.01. The minimum absolute atomic E-state index is 0.0773. The number of rotatable bonds is 5. The lowest BCUT2D eigenvalue weighted by molar-refractivity contribution is 0.0696. The van der Waals surface area contributed by atoms with Crippen LogP contribution in [0.25, 0.3) is 0 Å². The Morgan fingerprint density at radius 2 is 1.73 bits per heavy atom. The number of hydrogen-bond donors (Lipinski definition) is 2. The Bertz CT molecular complexity index is 940. The van der Waals surface area contributed by atoms with Crippen LogP contribution in [0.2, 0.25) is 5.02 Å². The number of aromatic carboxylic acids is 1. The molecule has 158 valence electrons. The van der Waals surface area contributed by atoms with Crippen molar-refractivity contribution in [2.75, 3.05) is 43.0 Å². The number of halogens is 1. The summed E-state index contributed by atoms with van der Waals surface area (Å²) in [5, 5.41) is 12.9. The first-order chi connectivity index (χ1) is 14.4. The molecule has 1 fully saturated rings. The highest BCUT2D eigenvalue weighted by molar-refractivity contribution is 6.30. The van der Waals surface area contributed by atoms with E-state index < -0.39 is 5.97 Å². The first kappa shape index (κ1) is 21.4. The maximum atomic E-state index is 12.4. The van der Waals surface area contributed by atoms with Crippen molar-refractivity contribution in [2.45, 2.75) is 6.92 Å². The van der Waals surface area contributed by atoms with Crippen molar-refractivity contribution in [2.24, 2.45) is 0 Å². The molecule has 1 saturated heterocycles. The second-order valence-corrected chi connectivity index (χ2v) is 7.11. The molecular formula is C21H22ClN3O5. The molecule has 1 aliphatic heterocycles. The first-order valence-electron chi connectivity index (χ1n) is 9.50. The molecule has 1 aliphatic rings. The molecule has 0 aliphatic carbocycles. The van der Waals surface area contributed by atoms with Crippen LogP contribution in [-0.4, -0.2) is 60.8 Å². The van der Waals surface area contributed by atoms with Gasteiger partial charge in [0.25, 0.3) is 5.91 Å². The van der Waals surface area contributed by atoms with E-state index in [0.29, 0.717) is 54.7 Å². The van der Waals surface area contributed by atoms with Gasteiger partial charge in [0.1, 0.15) is 0 Å². The largest absolute Gasteiger partial charge is 0.478 e. The van der Waals surface area contributed by atoms with E-state index >= 15 is 0 Å². The van der Waals surface area contributed by atoms with Crippen LogP contribution in [0.3, 0.4) is 0 Å². The Morgan fingerprint density at radius 1 is 1.07 bits per heavy atom. The number of nitrogens with one attached hydrogen (secondary N) is 1. The summed E-state index contributed by atoms with van der Waals surface area (Å²) >= 11 is 5.84. The van der Waals surface area contributed by atoms with Crippen LogP contribution < -0.4 is 10.2 Å². The van der Waals surface area contributed by atoms with Crippen molar-refractivity contribution in [1.82, 2.24) is 4.90 Å². The van der Waals surface area contributed by atoms with Gasteiger partial charge in [-0.15, -0.1) is 0 Å². The van der Waals surface area contributed by atoms with E-state index in [0.717, 1.165) is 0 Å². The molecule has 0 saturated carbocycles. The quantitative estimate of drug-likeness (QED) is 0.750. The molecule has 2 amide bonds. The zero-order chi connectivity index (χ0) is 21.7. The fourth-order valence-corrected chi connectivity index (χ4v) is 3.34. The van der Waals surface area contributed by atoms with Crippen molar-refractivity contribution >= 4 is 40.9 Å². The number of carbonyl (C=O) groups is 3. The van der Waals surface area contributed by atoms with E-state index in [1.165, 1.54) is 6.07 Å². The van der Waals surface area contributed by atoms with E-state index in [1.807, 2.05) is 4.90 Å². The lowest BCUT2D eigenvalue weighted by Crippen LogP contribution is -2.49. The van der Waals surface area contributed by atoms with E-state index in [-0.39, 0.29) is 17.6 Å². The van der Waals surface area contributed by atoms with Crippen molar-refractivity contribution in [3.63, 3.8) is 0 Å². The number of piperazine rings is 1. The summed E-state index contributed by atoms with van der Waals surface area (Å²) in [4.78, 5) is 39.6. The van der Waals surface area contributed by atoms with Crippen LogP contribution in [0.15, 0.2) is 42.5 Å². The van der Waals surface area contributed by atoms with Crippen molar-refractivity contribution < 1.29 is 24.2 Å². The fraction of sp³-hybridized carbons (Fsp3) is 0.286. The topological polar surface area (TPSA) is 99.2 Å². The van der Waals surface area contributed by atoms with Crippen LogP contribution in [0.5, 0.6) is 0 Å². The summed E-state index contributed by atoms with van der Waals surface area (Å²) in [6.45, 7) is 3.90. The molecule has 0 atom stereocenters. The second kappa shape index (κ2) is 9.49. The number of ether oxygens (including phenoxy) is 1. The van der Waals surface area contributed by atoms with Crippen LogP contribution in [0.1, 0.15) is 27.6 Å². The molecule has 2 aromatic rings. The highest BCUT2D eigenvalue weighted by Crippen LogP contribution is 2.26. The Hall–Kier alpha value is -3.26. The maximum absolute atomic E-state index is 12.4. The van der Waals surface area contributed by atoms with Gasteiger partial charge in [-0.25, -0.2) is 9.59 Å². The number of amides is 2.